The van der Waals surface area contributed by atoms with Crippen LogP contribution in [0.25, 0.3) is 22.6 Å². The lowest BCUT2D eigenvalue weighted by atomic mass is 10.00. The number of rotatable bonds is 3. The largest absolute Gasteiger partial charge is 0.275 e. The van der Waals surface area contributed by atoms with Gasteiger partial charge in [-0.2, -0.15) is 5.10 Å². The predicted molar refractivity (Wildman–Crippen MR) is 90.7 cm³/mol. The van der Waals surface area contributed by atoms with Crippen molar-refractivity contribution in [3.05, 3.63) is 63.5 Å². The van der Waals surface area contributed by atoms with Crippen molar-refractivity contribution in [2.24, 2.45) is 0 Å². The smallest absolute Gasteiger partial charge is 0.149 e. The van der Waals surface area contributed by atoms with E-state index in [1.807, 2.05) is 25.1 Å². The highest BCUT2D eigenvalue weighted by atomic mass is 35.5. The van der Waals surface area contributed by atoms with Gasteiger partial charge >= 0.3 is 0 Å². The van der Waals surface area contributed by atoms with E-state index in [1.54, 1.807) is 18.3 Å². The zero-order chi connectivity index (χ0) is 15.7. The molecule has 1 heterocycles. The summed E-state index contributed by atoms with van der Waals surface area (Å²) in [6.45, 7) is 2.03. The van der Waals surface area contributed by atoms with Gasteiger partial charge in [0.05, 0.1) is 6.20 Å². The molecule has 22 heavy (non-hydrogen) atoms. The molecule has 0 fully saturated rings. The second-order valence-corrected chi connectivity index (χ2v) is 5.83. The molecule has 3 aromatic rings. The summed E-state index contributed by atoms with van der Waals surface area (Å²) in [7, 11) is 0. The summed E-state index contributed by atoms with van der Waals surface area (Å²) in [6.07, 6.45) is 4.31. The minimum absolute atomic E-state index is 0.320. The van der Waals surface area contributed by atoms with Crippen molar-refractivity contribution in [3.63, 3.8) is 0 Å². The number of nitrogens with zero attached hydrogens (tertiary/aromatic N) is 1. The molecule has 2 aromatic carbocycles. The SMILES string of the molecule is CC/C(=C\c1cc(F)c2[nH]ncc2c1)c1ccc(Cl)cc1Cl. The monoisotopic (exact) mass is 334 g/mol. The van der Waals surface area contributed by atoms with Crippen LogP contribution in [0.15, 0.2) is 36.5 Å². The highest BCUT2D eigenvalue weighted by Gasteiger charge is 2.08. The van der Waals surface area contributed by atoms with Gasteiger partial charge in [0.1, 0.15) is 11.3 Å². The normalized spacial score (nSPS) is 12.1. The maximum Gasteiger partial charge on any atom is 0.149 e. The maximum absolute atomic E-state index is 14.0. The fourth-order valence-electron chi connectivity index (χ4n) is 2.44. The average molecular weight is 335 g/mol. The second kappa shape index (κ2) is 6.11. The van der Waals surface area contributed by atoms with Crippen LogP contribution in [0.1, 0.15) is 24.5 Å². The molecule has 0 bridgehead atoms. The second-order valence-electron chi connectivity index (χ2n) is 4.98. The van der Waals surface area contributed by atoms with Crippen molar-refractivity contribution in [1.82, 2.24) is 10.2 Å². The molecule has 0 saturated carbocycles. The van der Waals surface area contributed by atoms with E-state index in [2.05, 4.69) is 10.2 Å². The quantitative estimate of drug-likeness (QED) is 0.588. The molecule has 112 valence electrons. The van der Waals surface area contributed by atoms with Crippen molar-refractivity contribution in [1.29, 1.82) is 0 Å². The molecule has 0 atom stereocenters. The Morgan fingerprint density at radius 1 is 1.27 bits per heavy atom. The minimum Gasteiger partial charge on any atom is -0.275 e. The number of aromatic amines is 1. The van der Waals surface area contributed by atoms with Gasteiger partial charge in [0.15, 0.2) is 0 Å². The van der Waals surface area contributed by atoms with E-state index in [0.29, 0.717) is 15.6 Å². The van der Waals surface area contributed by atoms with Crippen molar-refractivity contribution < 1.29 is 4.39 Å². The van der Waals surface area contributed by atoms with Gasteiger partial charge in [0, 0.05) is 15.4 Å². The number of H-pyrrole nitrogens is 1. The summed E-state index contributed by atoms with van der Waals surface area (Å²) < 4.78 is 14.0. The number of hydrogen-bond acceptors (Lipinski definition) is 1. The van der Waals surface area contributed by atoms with Crippen molar-refractivity contribution in [2.75, 3.05) is 0 Å². The van der Waals surface area contributed by atoms with Crippen LogP contribution in [0.3, 0.4) is 0 Å². The first-order valence-corrected chi connectivity index (χ1v) is 7.62. The van der Waals surface area contributed by atoms with E-state index in [0.717, 1.165) is 28.5 Å². The Morgan fingerprint density at radius 3 is 2.82 bits per heavy atom. The van der Waals surface area contributed by atoms with Gasteiger partial charge in [-0.1, -0.05) is 42.3 Å². The Bertz CT molecular complexity index is 868. The van der Waals surface area contributed by atoms with Crippen LogP contribution in [0, 0.1) is 5.82 Å². The Labute approximate surface area is 137 Å². The summed E-state index contributed by atoms with van der Waals surface area (Å²) in [4.78, 5) is 0. The molecule has 0 aliphatic rings. The lowest BCUT2D eigenvalue weighted by Gasteiger charge is -2.09. The number of halogens is 3. The predicted octanol–water partition coefficient (Wildman–Crippen LogP) is 5.96. The van der Waals surface area contributed by atoms with Crippen molar-refractivity contribution in [3.8, 4) is 0 Å². The summed E-state index contributed by atoms with van der Waals surface area (Å²) in [5.74, 6) is -0.320. The molecule has 5 heteroatoms. The number of hydrogen-bond donors (Lipinski definition) is 1. The lowest BCUT2D eigenvalue weighted by Crippen LogP contribution is -1.87. The molecule has 2 nitrogen and oxygen atoms in total. The topological polar surface area (TPSA) is 28.7 Å². The van der Waals surface area contributed by atoms with E-state index in [4.69, 9.17) is 23.2 Å². The minimum atomic E-state index is -0.320. The van der Waals surface area contributed by atoms with Gasteiger partial charge in [-0.25, -0.2) is 4.39 Å². The maximum atomic E-state index is 14.0. The fourth-order valence-corrected chi connectivity index (χ4v) is 2.97. The van der Waals surface area contributed by atoms with Crippen LogP contribution < -0.4 is 0 Å². The number of benzene rings is 2. The van der Waals surface area contributed by atoms with E-state index in [-0.39, 0.29) is 5.82 Å². The van der Waals surface area contributed by atoms with E-state index in [9.17, 15) is 4.39 Å². The molecule has 0 aliphatic carbocycles. The molecular formula is C17H13Cl2FN2. The highest BCUT2D eigenvalue weighted by molar-refractivity contribution is 6.35. The zero-order valence-corrected chi connectivity index (χ0v) is 13.3. The summed E-state index contributed by atoms with van der Waals surface area (Å²) in [5.41, 5.74) is 3.11. The Hall–Kier alpha value is -1.84. The molecule has 0 amide bonds. The third-order valence-electron chi connectivity index (χ3n) is 3.52. The van der Waals surface area contributed by atoms with Crippen molar-refractivity contribution >= 4 is 45.8 Å². The van der Waals surface area contributed by atoms with E-state index in [1.165, 1.54) is 6.07 Å². The molecule has 0 unspecified atom stereocenters. The first-order chi connectivity index (χ1) is 10.6. The summed E-state index contributed by atoms with van der Waals surface area (Å²) >= 11 is 12.2. The Morgan fingerprint density at radius 2 is 2.09 bits per heavy atom. The van der Waals surface area contributed by atoms with Crippen LogP contribution >= 0.6 is 23.2 Å². The Balaban J connectivity index is 2.09. The molecule has 0 saturated heterocycles. The van der Waals surface area contributed by atoms with E-state index < -0.39 is 0 Å². The zero-order valence-electron chi connectivity index (χ0n) is 11.8. The van der Waals surface area contributed by atoms with Crippen LogP contribution in [-0.4, -0.2) is 10.2 Å². The number of fused-ring (bicyclic) bond motifs is 1. The first-order valence-electron chi connectivity index (χ1n) is 6.87. The van der Waals surface area contributed by atoms with Gasteiger partial charge in [-0.15, -0.1) is 0 Å². The molecule has 1 aromatic heterocycles. The van der Waals surface area contributed by atoms with Crippen LogP contribution in [0.5, 0.6) is 0 Å². The average Bonchev–Trinajstić information content (AvgIpc) is 2.94. The third kappa shape index (κ3) is 2.87. The van der Waals surface area contributed by atoms with Crippen LogP contribution in [-0.2, 0) is 0 Å². The molecule has 0 aliphatic heterocycles. The number of nitrogens with one attached hydrogen (secondary N) is 1. The fraction of sp³-hybridized carbons (Fsp3) is 0.118. The lowest BCUT2D eigenvalue weighted by molar-refractivity contribution is 0.636. The van der Waals surface area contributed by atoms with Crippen LogP contribution in [0.4, 0.5) is 4.39 Å². The molecular weight excluding hydrogens is 322 g/mol. The van der Waals surface area contributed by atoms with Gasteiger partial charge in [0.2, 0.25) is 0 Å². The molecule has 0 radical (unpaired) electrons. The van der Waals surface area contributed by atoms with Gasteiger partial charge in [-0.3, -0.25) is 5.10 Å². The van der Waals surface area contributed by atoms with Gasteiger partial charge in [-0.05, 0) is 47.4 Å². The first kappa shape index (κ1) is 15.1. The number of aromatic nitrogens is 2. The standard InChI is InChI=1S/C17H13Cl2FN2/c1-2-11(14-4-3-13(18)8-15(14)19)5-10-6-12-9-21-22-17(12)16(20)7-10/h3-9H,2H2,1H3,(H,21,22)/b11-5+. The Kier molecular flexibility index (Phi) is 4.19. The van der Waals surface area contributed by atoms with Gasteiger partial charge in [0.25, 0.3) is 0 Å². The van der Waals surface area contributed by atoms with Crippen LogP contribution in [0.2, 0.25) is 10.0 Å². The molecule has 1 N–H and O–H groups in total. The van der Waals surface area contributed by atoms with E-state index >= 15 is 0 Å². The van der Waals surface area contributed by atoms with Gasteiger partial charge < -0.3 is 0 Å². The summed E-state index contributed by atoms with van der Waals surface area (Å²) in [5, 5.41) is 8.43. The molecule has 0 spiro atoms. The molecule has 3 rings (SSSR count). The highest BCUT2D eigenvalue weighted by Crippen LogP contribution is 2.31. The van der Waals surface area contributed by atoms with Crippen molar-refractivity contribution in [2.45, 2.75) is 13.3 Å². The summed E-state index contributed by atoms with van der Waals surface area (Å²) in [6, 6.07) is 8.77. The number of allylic oxidation sites excluding steroid dienone is 1. The third-order valence-corrected chi connectivity index (χ3v) is 4.07.